The summed E-state index contributed by atoms with van der Waals surface area (Å²) in [6, 6.07) is 7.29. The summed E-state index contributed by atoms with van der Waals surface area (Å²) in [6.45, 7) is 9.26. The van der Waals surface area contributed by atoms with Crippen LogP contribution < -0.4 is 10.8 Å². The molecule has 0 aromatic heterocycles. The zero-order valence-electron chi connectivity index (χ0n) is 17.4. The molecule has 0 spiro atoms. The summed E-state index contributed by atoms with van der Waals surface area (Å²) < 4.78 is 17.3. The number of piperidine rings is 1. The molecule has 0 aliphatic carbocycles. The van der Waals surface area contributed by atoms with Crippen LogP contribution in [-0.4, -0.2) is 60.2 Å². The first-order valence-corrected chi connectivity index (χ1v) is 9.95. The van der Waals surface area contributed by atoms with Gasteiger partial charge in [-0.1, -0.05) is 12.1 Å². The lowest BCUT2D eigenvalue weighted by Gasteiger charge is -2.32. The number of amides is 2. The number of anilines is 1. The van der Waals surface area contributed by atoms with E-state index in [1.165, 1.54) is 4.90 Å². The molecule has 2 aliphatic rings. The van der Waals surface area contributed by atoms with Crippen molar-refractivity contribution in [1.82, 2.24) is 4.90 Å². The van der Waals surface area contributed by atoms with E-state index in [-0.39, 0.29) is 12.5 Å². The molecule has 3 rings (SSSR count). The molecule has 29 heavy (non-hydrogen) atoms. The first-order valence-electron chi connectivity index (χ1n) is 9.95. The van der Waals surface area contributed by atoms with E-state index in [1.807, 2.05) is 39.8 Å². The maximum absolute atomic E-state index is 12.1. The van der Waals surface area contributed by atoms with Gasteiger partial charge in [-0.3, -0.25) is 5.32 Å². The fourth-order valence-electron chi connectivity index (χ4n) is 3.34. The van der Waals surface area contributed by atoms with Crippen LogP contribution in [0.3, 0.4) is 0 Å². The maximum Gasteiger partial charge on any atom is 0.494 e. The van der Waals surface area contributed by atoms with Crippen LogP contribution in [0.5, 0.6) is 0 Å². The smallest absolute Gasteiger partial charge is 0.465 e. The molecule has 2 heterocycles. The van der Waals surface area contributed by atoms with Crippen molar-refractivity contribution < 1.29 is 28.7 Å². The third kappa shape index (κ3) is 5.03. The number of benzene rings is 1. The van der Waals surface area contributed by atoms with E-state index >= 15 is 0 Å². The molecule has 158 valence electrons. The molecule has 0 atom stereocenters. The molecular formula is C20H29BN2O6. The van der Waals surface area contributed by atoms with Crippen molar-refractivity contribution in [2.24, 2.45) is 5.92 Å². The van der Waals surface area contributed by atoms with Crippen LogP contribution in [0.4, 0.5) is 15.3 Å². The monoisotopic (exact) mass is 404 g/mol. The Bertz CT molecular complexity index is 728. The third-order valence-electron chi connectivity index (χ3n) is 6.02. The summed E-state index contributed by atoms with van der Waals surface area (Å²) in [7, 11) is -0.447. The minimum absolute atomic E-state index is 0.182. The zero-order valence-corrected chi connectivity index (χ0v) is 17.4. The van der Waals surface area contributed by atoms with Crippen molar-refractivity contribution in [2.45, 2.75) is 51.7 Å². The topological polar surface area (TPSA) is 97.3 Å². The predicted octanol–water partition coefficient (Wildman–Crippen LogP) is 2.92. The molecule has 0 unspecified atom stereocenters. The van der Waals surface area contributed by atoms with Crippen LogP contribution in [0.25, 0.3) is 0 Å². The summed E-state index contributed by atoms with van der Waals surface area (Å²) >= 11 is 0. The predicted molar refractivity (Wildman–Crippen MR) is 109 cm³/mol. The van der Waals surface area contributed by atoms with Crippen LogP contribution in [0, 0.1) is 5.92 Å². The fraction of sp³-hybridized carbons (Fsp3) is 0.600. The van der Waals surface area contributed by atoms with Gasteiger partial charge in [0.25, 0.3) is 0 Å². The molecule has 0 radical (unpaired) electrons. The van der Waals surface area contributed by atoms with Crippen molar-refractivity contribution in [2.75, 3.05) is 25.0 Å². The van der Waals surface area contributed by atoms with Crippen LogP contribution in [-0.2, 0) is 14.0 Å². The van der Waals surface area contributed by atoms with Gasteiger partial charge in [-0.05, 0) is 64.1 Å². The molecule has 8 nitrogen and oxygen atoms in total. The highest BCUT2D eigenvalue weighted by molar-refractivity contribution is 6.62. The van der Waals surface area contributed by atoms with Crippen LogP contribution >= 0.6 is 0 Å². The number of likely N-dealkylation sites (tertiary alicyclic amines) is 1. The van der Waals surface area contributed by atoms with Gasteiger partial charge in [0.1, 0.15) is 0 Å². The summed E-state index contributed by atoms with van der Waals surface area (Å²) in [4.78, 5) is 24.4. The quantitative estimate of drug-likeness (QED) is 0.749. The second-order valence-corrected chi connectivity index (χ2v) is 8.65. The van der Waals surface area contributed by atoms with Gasteiger partial charge in [-0.2, -0.15) is 0 Å². The summed E-state index contributed by atoms with van der Waals surface area (Å²) in [5, 5.41) is 11.7. The van der Waals surface area contributed by atoms with E-state index in [0.717, 1.165) is 5.46 Å². The van der Waals surface area contributed by atoms with Gasteiger partial charge in [-0.25, -0.2) is 9.59 Å². The van der Waals surface area contributed by atoms with Crippen molar-refractivity contribution in [3.8, 4) is 0 Å². The highest BCUT2D eigenvalue weighted by Gasteiger charge is 2.51. The van der Waals surface area contributed by atoms with Crippen molar-refractivity contribution >= 4 is 30.5 Å². The fourth-order valence-corrected chi connectivity index (χ4v) is 3.34. The van der Waals surface area contributed by atoms with Crippen LogP contribution in [0.2, 0.25) is 0 Å². The van der Waals surface area contributed by atoms with Crippen molar-refractivity contribution in [3.63, 3.8) is 0 Å². The average Bonchev–Trinajstić information content (AvgIpc) is 2.88. The lowest BCUT2D eigenvalue weighted by atomic mass is 9.79. The first-order chi connectivity index (χ1) is 13.6. The van der Waals surface area contributed by atoms with E-state index in [0.29, 0.717) is 31.6 Å². The molecular weight excluding hydrogens is 375 g/mol. The van der Waals surface area contributed by atoms with Crippen LogP contribution in [0.1, 0.15) is 40.5 Å². The van der Waals surface area contributed by atoms with E-state index in [1.54, 1.807) is 12.1 Å². The number of nitrogens with one attached hydrogen (secondary N) is 1. The SMILES string of the molecule is CC1(C)OB(c2ccc(NC(=O)OCC3CCN(C(=O)O)CC3)cc2)OC1(C)C. The highest BCUT2D eigenvalue weighted by Crippen LogP contribution is 2.36. The van der Waals surface area contributed by atoms with Gasteiger partial charge in [0, 0.05) is 18.8 Å². The van der Waals surface area contributed by atoms with Gasteiger partial charge < -0.3 is 24.1 Å². The Hall–Kier alpha value is -2.26. The minimum atomic E-state index is -0.897. The highest BCUT2D eigenvalue weighted by atomic mass is 16.7. The Balaban J connectivity index is 1.45. The third-order valence-corrected chi connectivity index (χ3v) is 6.02. The number of carbonyl (C=O) groups excluding carboxylic acids is 1. The largest absolute Gasteiger partial charge is 0.494 e. The van der Waals surface area contributed by atoms with Crippen molar-refractivity contribution in [1.29, 1.82) is 0 Å². The van der Waals surface area contributed by atoms with Gasteiger partial charge >= 0.3 is 19.3 Å². The molecule has 0 saturated carbocycles. The second-order valence-electron chi connectivity index (χ2n) is 8.65. The standard InChI is InChI=1S/C20H29BN2O6/c1-19(2)20(3,4)29-21(28-19)15-5-7-16(8-6-15)22-17(24)27-13-14-9-11-23(12-10-14)18(25)26/h5-8,14H,9-13H2,1-4H3,(H,22,24)(H,25,26). The Morgan fingerprint density at radius 3 is 2.21 bits per heavy atom. The maximum atomic E-state index is 12.1. The molecule has 2 saturated heterocycles. The van der Waals surface area contributed by atoms with Gasteiger partial charge in [-0.15, -0.1) is 0 Å². The van der Waals surface area contributed by atoms with Crippen molar-refractivity contribution in [3.05, 3.63) is 24.3 Å². The number of hydrogen-bond donors (Lipinski definition) is 2. The molecule has 2 aliphatic heterocycles. The Morgan fingerprint density at radius 2 is 1.69 bits per heavy atom. The number of hydrogen-bond acceptors (Lipinski definition) is 5. The number of rotatable bonds is 4. The van der Waals surface area contributed by atoms with Gasteiger partial charge in [0.2, 0.25) is 0 Å². The molecule has 9 heteroatoms. The molecule has 1 aromatic rings. The number of nitrogens with zero attached hydrogens (tertiary/aromatic N) is 1. The number of ether oxygens (including phenoxy) is 1. The Kier molecular flexibility index (Phi) is 6.09. The normalized spacial score (nSPS) is 21.1. The zero-order chi connectivity index (χ0) is 21.2. The molecule has 2 fully saturated rings. The van der Waals surface area contributed by atoms with Crippen LogP contribution in [0.15, 0.2) is 24.3 Å². The van der Waals surface area contributed by atoms with E-state index < -0.39 is 30.5 Å². The summed E-state index contributed by atoms with van der Waals surface area (Å²) in [6.07, 6.45) is -0.0230. The first kappa shape index (κ1) is 21.5. The average molecular weight is 404 g/mol. The lowest BCUT2D eigenvalue weighted by Crippen LogP contribution is -2.41. The Labute approximate surface area is 171 Å². The van der Waals surface area contributed by atoms with E-state index in [4.69, 9.17) is 19.2 Å². The van der Waals surface area contributed by atoms with Gasteiger partial charge in [0.15, 0.2) is 0 Å². The van der Waals surface area contributed by atoms with Gasteiger partial charge in [0.05, 0.1) is 17.8 Å². The van der Waals surface area contributed by atoms with E-state index in [2.05, 4.69) is 5.32 Å². The molecule has 1 aromatic carbocycles. The number of carboxylic acid groups (broad SMARTS) is 1. The second kappa shape index (κ2) is 8.24. The minimum Gasteiger partial charge on any atom is -0.465 e. The Morgan fingerprint density at radius 1 is 1.14 bits per heavy atom. The lowest BCUT2D eigenvalue weighted by molar-refractivity contribution is 0.00578. The van der Waals surface area contributed by atoms with E-state index in [9.17, 15) is 9.59 Å². The summed E-state index contributed by atoms with van der Waals surface area (Å²) in [5.74, 6) is 0.182. The number of carbonyl (C=O) groups is 2. The molecule has 0 bridgehead atoms. The summed E-state index contributed by atoms with van der Waals surface area (Å²) in [5.41, 5.74) is 0.696. The molecule has 2 amide bonds. The molecule has 2 N–H and O–H groups in total.